The van der Waals surface area contributed by atoms with Crippen molar-refractivity contribution in [2.75, 3.05) is 5.32 Å². The fourth-order valence-electron chi connectivity index (χ4n) is 1.81. The molecule has 5 nitrogen and oxygen atoms in total. The van der Waals surface area contributed by atoms with Crippen LogP contribution in [0.1, 0.15) is 35.7 Å². The first-order valence-electron chi connectivity index (χ1n) is 6.36. The van der Waals surface area contributed by atoms with Gasteiger partial charge in [0.15, 0.2) is 0 Å². The van der Waals surface area contributed by atoms with Crippen LogP contribution >= 0.6 is 0 Å². The van der Waals surface area contributed by atoms with Gasteiger partial charge in [-0.25, -0.2) is 9.59 Å². The number of carbonyl (C=O) groups excluding carboxylic acids is 1. The van der Waals surface area contributed by atoms with E-state index >= 15 is 0 Å². The Kier molecular flexibility index (Phi) is 5.60. The molecule has 0 aromatic heterocycles. The molecule has 1 rings (SSSR count). The van der Waals surface area contributed by atoms with E-state index in [4.69, 9.17) is 11.5 Å². The van der Waals surface area contributed by atoms with Crippen molar-refractivity contribution in [2.45, 2.75) is 32.7 Å². The number of anilines is 1. The van der Waals surface area contributed by atoms with Crippen LogP contribution in [-0.2, 0) is 0 Å². The second-order valence-electron chi connectivity index (χ2n) is 4.39. The van der Waals surface area contributed by atoms with E-state index in [1.807, 2.05) is 6.92 Å². The minimum absolute atomic E-state index is 0.157. The minimum atomic E-state index is -1.03. The lowest BCUT2D eigenvalue weighted by atomic mass is 10.1. The van der Waals surface area contributed by atoms with E-state index in [1.54, 1.807) is 19.1 Å². The van der Waals surface area contributed by atoms with Crippen LogP contribution in [0.15, 0.2) is 18.2 Å². The highest BCUT2D eigenvalue weighted by Crippen LogP contribution is 2.18. The molecular weight excluding hydrogens is 256 g/mol. The topological polar surface area (TPSA) is 78.4 Å². The Morgan fingerprint density at radius 2 is 2.15 bits per heavy atom. The second kappa shape index (κ2) is 7.19. The zero-order valence-electron chi connectivity index (χ0n) is 11.6. The third-order valence-corrected chi connectivity index (χ3v) is 2.90. The molecule has 0 saturated heterocycles. The lowest BCUT2D eigenvalue weighted by Gasteiger charge is -2.14. The summed E-state index contributed by atoms with van der Waals surface area (Å²) in [6.07, 6.45) is 6.88. The molecule has 1 atom stereocenters. The summed E-state index contributed by atoms with van der Waals surface area (Å²) in [4.78, 5) is 22.8. The molecule has 0 bridgehead atoms. The SMILES string of the molecule is C#CC(CCC)NC(=O)Nc1cccc(C(=O)O)c1C. The summed E-state index contributed by atoms with van der Waals surface area (Å²) in [7, 11) is 0. The molecular formula is C15H18N2O3. The fourth-order valence-corrected chi connectivity index (χ4v) is 1.81. The molecule has 20 heavy (non-hydrogen) atoms. The first kappa shape index (κ1) is 15.6. The van der Waals surface area contributed by atoms with E-state index in [0.717, 1.165) is 6.42 Å². The van der Waals surface area contributed by atoms with Gasteiger partial charge in [-0.2, -0.15) is 0 Å². The summed E-state index contributed by atoms with van der Waals surface area (Å²) in [6, 6.07) is 3.94. The summed E-state index contributed by atoms with van der Waals surface area (Å²) in [5, 5.41) is 14.3. The van der Waals surface area contributed by atoms with E-state index < -0.39 is 12.0 Å². The van der Waals surface area contributed by atoms with Crippen LogP contribution in [0.3, 0.4) is 0 Å². The fraction of sp³-hybridized carbons (Fsp3) is 0.333. The lowest BCUT2D eigenvalue weighted by molar-refractivity contribution is 0.0696. The number of urea groups is 1. The summed E-state index contributed by atoms with van der Waals surface area (Å²) in [5.41, 5.74) is 1.11. The molecule has 5 heteroatoms. The Hall–Kier alpha value is -2.48. The highest BCUT2D eigenvalue weighted by molar-refractivity contribution is 5.95. The number of nitrogens with one attached hydrogen (secondary N) is 2. The first-order valence-corrected chi connectivity index (χ1v) is 6.36. The quantitative estimate of drug-likeness (QED) is 0.722. The molecule has 0 aliphatic heterocycles. The minimum Gasteiger partial charge on any atom is -0.478 e. The number of rotatable bonds is 5. The number of carboxylic acid groups (broad SMARTS) is 1. The van der Waals surface area contributed by atoms with Gasteiger partial charge >= 0.3 is 12.0 Å². The molecule has 0 aliphatic rings. The molecule has 0 spiro atoms. The summed E-state index contributed by atoms with van der Waals surface area (Å²) in [5.74, 6) is 1.47. The van der Waals surface area contributed by atoms with Gasteiger partial charge in [-0.3, -0.25) is 0 Å². The molecule has 1 aromatic rings. The molecule has 3 N–H and O–H groups in total. The van der Waals surface area contributed by atoms with Crippen molar-refractivity contribution in [1.29, 1.82) is 0 Å². The number of hydrogen-bond acceptors (Lipinski definition) is 2. The van der Waals surface area contributed by atoms with Gasteiger partial charge in [0.05, 0.1) is 11.6 Å². The van der Waals surface area contributed by atoms with Crippen molar-refractivity contribution in [3.05, 3.63) is 29.3 Å². The Morgan fingerprint density at radius 3 is 2.70 bits per heavy atom. The third-order valence-electron chi connectivity index (χ3n) is 2.90. The van der Waals surface area contributed by atoms with Gasteiger partial charge in [0, 0.05) is 5.69 Å². The summed E-state index contributed by atoms with van der Waals surface area (Å²) in [6.45, 7) is 3.62. The van der Waals surface area contributed by atoms with E-state index in [-0.39, 0.29) is 11.6 Å². The standard InChI is InChI=1S/C15H18N2O3/c1-4-7-11(5-2)16-15(20)17-13-9-6-8-12(10(13)3)14(18)19/h2,6,8-9,11H,4,7H2,1,3H3,(H,18,19)(H2,16,17,20). The predicted molar refractivity (Wildman–Crippen MR) is 77.8 cm³/mol. The predicted octanol–water partition coefficient (Wildman–Crippen LogP) is 2.62. The molecule has 1 unspecified atom stereocenters. The van der Waals surface area contributed by atoms with E-state index in [9.17, 15) is 9.59 Å². The normalized spacial score (nSPS) is 11.2. The van der Waals surface area contributed by atoms with Crippen molar-refractivity contribution in [3.8, 4) is 12.3 Å². The van der Waals surface area contributed by atoms with Crippen LogP contribution in [0.25, 0.3) is 0 Å². The Bertz CT molecular complexity index is 547. The number of terminal acetylenes is 1. The van der Waals surface area contributed by atoms with Crippen molar-refractivity contribution in [3.63, 3.8) is 0 Å². The third kappa shape index (κ3) is 4.02. The number of benzene rings is 1. The number of hydrogen-bond donors (Lipinski definition) is 3. The Balaban J connectivity index is 2.79. The van der Waals surface area contributed by atoms with Gasteiger partial charge in [-0.15, -0.1) is 6.42 Å². The van der Waals surface area contributed by atoms with E-state index in [1.165, 1.54) is 6.07 Å². The van der Waals surface area contributed by atoms with Crippen LogP contribution < -0.4 is 10.6 Å². The second-order valence-corrected chi connectivity index (χ2v) is 4.39. The summed E-state index contributed by atoms with van der Waals surface area (Å²) >= 11 is 0. The molecule has 106 valence electrons. The lowest BCUT2D eigenvalue weighted by Crippen LogP contribution is -2.37. The van der Waals surface area contributed by atoms with Crippen molar-refractivity contribution < 1.29 is 14.7 Å². The number of carboxylic acids is 1. The van der Waals surface area contributed by atoms with Crippen LogP contribution in [0, 0.1) is 19.3 Å². The monoisotopic (exact) mass is 274 g/mol. The van der Waals surface area contributed by atoms with E-state index in [2.05, 4.69) is 16.6 Å². The van der Waals surface area contributed by atoms with Crippen LogP contribution in [0.4, 0.5) is 10.5 Å². The van der Waals surface area contributed by atoms with Crippen LogP contribution in [-0.4, -0.2) is 23.1 Å². The van der Waals surface area contributed by atoms with Crippen LogP contribution in [0.5, 0.6) is 0 Å². The molecule has 0 heterocycles. The molecule has 0 saturated carbocycles. The molecule has 0 radical (unpaired) electrons. The number of aromatic carboxylic acids is 1. The van der Waals surface area contributed by atoms with Gasteiger partial charge in [-0.1, -0.05) is 25.3 Å². The van der Waals surface area contributed by atoms with Gasteiger partial charge < -0.3 is 15.7 Å². The van der Waals surface area contributed by atoms with Gasteiger partial charge in [-0.05, 0) is 31.0 Å². The highest BCUT2D eigenvalue weighted by atomic mass is 16.4. The molecule has 1 aromatic carbocycles. The van der Waals surface area contributed by atoms with Crippen molar-refractivity contribution in [1.82, 2.24) is 5.32 Å². The van der Waals surface area contributed by atoms with Gasteiger partial charge in [0.25, 0.3) is 0 Å². The molecule has 0 fully saturated rings. The zero-order valence-corrected chi connectivity index (χ0v) is 11.6. The Morgan fingerprint density at radius 1 is 1.45 bits per heavy atom. The van der Waals surface area contributed by atoms with Crippen LogP contribution in [0.2, 0.25) is 0 Å². The number of amides is 2. The van der Waals surface area contributed by atoms with Gasteiger partial charge in [0.1, 0.15) is 0 Å². The maximum absolute atomic E-state index is 11.8. The average Bonchev–Trinajstić information content (AvgIpc) is 2.40. The van der Waals surface area contributed by atoms with Crippen molar-refractivity contribution >= 4 is 17.7 Å². The van der Waals surface area contributed by atoms with E-state index in [0.29, 0.717) is 17.7 Å². The zero-order chi connectivity index (χ0) is 15.1. The summed E-state index contributed by atoms with van der Waals surface area (Å²) < 4.78 is 0. The smallest absolute Gasteiger partial charge is 0.336 e. The highest BCUT2D eigenvalue weighted by Gasteiger charge is 2.13. The molecule has 2 amide bonds. The maximum atomic E-state index is 11.8. The number of carbonyl (C=O) groups is 2. The maximum Gasteiger partial charge on any atom is 0.336 e. The average molecular weight is 274 g/mol. The molecule has 0 aliphatic carbocycles. The first-order chi connectivity index (χ1) is 9.49. The van der Waals surface area contributed by atoms with Crippen molar-refractivity contribution in [2.24, 2.45) is 0 Å². The Labute approximate surface area is 118 Å². The van der Waals surface area contributed by atoms with Gasteiger partial charge in [0.2, 0.25) is 0 Å². The largest absolute Gasteiger partial charge is 0.478 e.